The summed E-state index contributed by atoms with van der Waals surface area (Å²) >= 11 is 0. The number of aromatic hydroxyl groups is 3. The highest BCUT2D eigenvalue weighted by Gasteiger charge is 2.15. The Morgan fingerprint density at radius 1 is 0.604 bits per heavy atom. The number of carboxylic acid groups (broad SMARTS) is 3. The smallest absolute Gasteiger partial charge is 0.339 e. The van der Waals surface area contributed by atoms with E-state index in [1.54, 1.807) is 6.92 Å². The van der Waals surface area contributed by atoms with Crippen molar-refractivity contribution in [1.82, 2.24) is 0 Å². The lowest BCUT2D eigenvalue weighted by Crippen LogP contribution is -1.97. The van der Waals surface area contributed by atoms with Crippen molar-refractivity contribution >= 4 is 17.9 Å². The lowest BCUT2D eigenvalue weighted by atomic mass is 10.1. The highest BCUT2D eigenvalue weighted by atomic mass is 16.5. The van der Waals surface area contributed by atoms with Crippen LogP contribution in [0.3, 0.4) is 0 Å². The molecule has 0 unspecified atom stereocenters. The van der Waals surface area contributed by atoms with E-state index in [4.69, 9.17) is 35.4 Å². The van der Waals surface area contributed by atoms with Crippen molar-refractivity contribution in [2.45, 2.75) is 149 Å². The molecule has 0 bridgehead atoms. The van der Waals surface area contributed by atoms with E-state index in [1.807, 2.05) is 0 Å². The molecule has 0 aliphatic rings. The predicted molar refractivity (Wildman–Crippen MR) is 193 cm³/mol. The molecule has 0 aliphatic heterocycles. The topological polar surface area (TPSA) is 182 Å². The highest BCUT2D eigenvalue weighted by molar-refractivity contribution is 5.92. The minimum atomic E-state index is -1.37. The molecule has 48 heavy (non-hydrogen) atoms. The number of aromatic carboxylic acids is 1. The van der Waals surface area contributed by atoms with Crippen LogP contribution in [0.25, 0.3) is 0 Å². The minimum absolute atomic E-state index is 0.453. The van der Waals surface area contributed by atoms with Gasteiger partial charge in [-0.25, -0.2) is 14.4 Å². The maximum absolute atomic E-state index is 10.3. The molecule has 10 nitrogen and oxygen atoms in total. The van der Waals surface area contributed by atoms with Gasteiger partial charge < -0.3 is 35.4 Å². The van der Waals surface area contributed by atoms with Gasteiger partial charge in [-0.05, 0) is 31.9 Å². The van der Waals surface area contributed by atoms with Crippen LogP contribution in [0.15, 0.2) is 36.9 Å². The average molecular weight is 683 g/mol. The number of aliphatic carboxylic acids is 2. The minimum Gasteiger partial charge on any atom is -0.504 e. The van der Waals surface area contributed by atoms with E-state index in [0.29, 0.717) is 0 Å². The zero-order valence-corrected chi connectivity index (χ0v) is 30.0. The first-order chi connectivity index (χ1) is 23.0. The molecule has 0 saturated heterocycles. The standard InChI is InChI=1S/C24H50O.C7H6O5.C4H6O2.C3H4O2/c1-3-5-7-9-11-13-15-17-19-21-23-25-24-22-20-18-16-14-12-10-8-6-4-2;8-4-2-1-3(7(11)12)5(9)6(4)10;1-2-3-4(5)6;1-2-3(4)5/h3-24H2,1-2H3;1-2,8-10H,(H,11,12);2-3H,1H3,(H,5,6);2H,1H2,(H,4,5). The molecular formula is C38H66O10. The summed E-state index contributed by atoms with van der Waals surface area (Å²) in [5.41, 5.74) is -0.453. The monoisotopic (exact) mass is 682 g/mol. The number of phenols is 3. The van der Waals surface area contributed by atoms with Crippen LogP contribution >= 0.6 is 0 Å². The van der Waals surface area contributed by atoms with Gasteiger partial charge in [0.2, 0.25) is 5.75 Å². The molecule has 278 valence electrons. The Balaban J connectivity index is -0.000000715. The van der Waals surface area contributed by atoms with E-state index in [9.17, 15) is 14.4 Å². The summed E-state index contributed by atoms with van der Waals surface area (Å²) in [6.07, 6.45) is 31.5. The number of hydrogen-bond acceptors (Lipinski definition) is 7. The van der Waals surface area contributed by atoms with Crippen molar-refractivity contribution in [2.75, 3.05) is 13.2 Å². The second kappa shape index (κ2) is 37.9. The third-order valence-electron chi connectivity index (χ3n) is 7.13. The summed E-state index contributed by atoms with van der Waals surface area (Å²) in [7, 11) is 0. The van der Waals surface area contributed by atoms with Gasteiger partial charge in [0.25, 0.3) is 0 Å². The number of phenolic OH excluding ortho intramolecular Hbond substituents is 2. The number of benzene rings is 1. The predicted octanol–water partition coefficient (Wildman–Crippen LogP) is 10.3. The molecule has 6 N–H and O–H groups in total. The second-order valence-electron chi connectivity index (χ2n) is 11.5. The SMILES string of the molecule is C=CC(=O)O.CC=CC(=O)O.CCCCCCCCCCCCOCCCCCCCCCCCC.O=C(O)c1ccc(O)c(O)c1O. The Morgan fingerprint density at radius 2 is 0.958 bits per heavy atom. The first-order valence-electron chi connectivity index (χ1n) is 17.8. The van der Waals surface area contributed by atoms with Crippen molar-refractivity contribution < 1.29 is 49.8 Å². The number of carboxylic acids is 3. The maximum atomic E-state index is 10.3. The van der Waals surface area contributed by atoms with Gasteiger partial charge in [0, 0.05) is 25.4 Å². The lowest BCUT2D eigenvalue weighted by molar-refractivity contribution is -0.132. The Bertz CT molecular complexity index is 937. The molecule has 0 atom stereocenters. The fourth-order valence-electron chi connectivity index (χ4n) is 4.37. The quantitative estimate of drug-likeness (QED) is 0.0330. The van der Waals surface area contributed by atoms with E-state index >= 15 is 0 Å². The van der Waals surface area contributed by atoms with E-state index in [1.165, 1.54) is 134 Å². The zero-order valence-electron chi connectivity index (χ0n) is 30.0. The Hall–Kier alpha value is -3.53. The molecule has 1 aromatic rings. The maximum Gasteiger partial charge on any atom is 0.339 e. The third kappa shape index (κ3) is 36.9. The van der Waals surface area contributed by atoms with E-state index in [2.05, 4.69) is 20.4 Å². The summed E-state index contributed by atoms with van der Waals surface area (Å²) in [5, 5.41) is 50.5. The first-order valence-corrected chi connectivity index (χ1v) is 17.8. The van der Waals surface area contributed by atoms with Gasteiger partial charge in [0.15, 0.2) is 11.5 Å². The van der Waals surface area contributed by atoms with Gasteiger partial charge in [-0.2, -0.15) is 0 Å². The normalized spacial score (nSPS) is 10.1. The van der Waals surface area contributed by atoms with Gasteiger partial charge in [0.05, 0.1) is 0 Å². The van der Waals surface area contributed by atoms with Gasteiger partial charge in [-0.3, -0.25) is 0 Å². The summed E-state index contributed by atoms with van der Waals surface area (Å²) in [6.45, 7) is 11.2. The van der Waals surface area contributed by atoms with Crippen LogP contribution in [0.5, 0.6) is 17.2 Å². The second-order valence-corrected chi connectivity index (χ2v) is 11.5. The summed E-state index contributed by atoms with van der Waals surface area (Å²) in [4.78, 5) is 29.1. The van der Waals surface area contributed by atoms with E-state index in [-0.39, 0.29) is 0 Å². The number of rotatable bonds is 25. The summed E-state index contributed by atoms with van der Waals surface area (Å²) in [6, 6.07) is 1.98. The Kier molecular flexibility index (Phi) is 38.6. The number of carbonyl (C=O) groups is 3. The number of unbranched alkanes of at least 4 members (excludes halogenated alkanes) is 18. The van der Waals surface area contributed by atoms with Crippen LogP contribution in [0.1, 0.15) is 160 Å². The summed E-state index contributed by atoms with van der Waals surface area (Å²) in [5.74, 6) is -5.46. The van der Waals surface area contributed by atoms with Gasteiger partial charge >= 0.3 is 17.9 Å². The van der Waals surface area contributed by atoms with E-state index in [0.717, 1.165) is 37.5 Å². The van der Waals surface area contributed by atoms with Crippen molar-refractivity contribution in [2.24, 2.45) is 0 Å². The lowest BCUT2D eigenvalue weighted by Gasteiger charge is -2.05. The zero-order chi connectivity index (χ0) is 36.8. The van der Waals surface area contributed by atoms with Gasteiger partial charge in [-0.1, -0.05) is 142 Å². The number of allylic oxidation sites excluding steroid dienone is 1. The molecule has 1 rings (SSSR count). The molecule has 0 aromatic heterocycles. The number of hydrogen-bond donors (Lipinski definition) is 6. The molecule has 0 radical (unpaired) electrons. The van der Waals surface area contributed by atoms with Crippen LogP contribution in [-0.2, 0) is 14.3 Å². The molecule has 0 amide bonds. The van der Waals surface area contributed by atoms with E-state index < -0.39 is 40.7 Å². The molecule has 10 heteroatoms. The van der Waals surface area contributed by atoms with Crippen molar-refractivity contribution in [1.29, 1.82) is 0 Å². The van der Waals surface area contributed by atoms with Gasteiger partial charge in [-0.15, -0.1) is 0 Å². The molecule has 0 spiro atoms. The fraction of sp³-hybridized carbons (Fsp3) is 0.658. The van der Waals surface area contributed by atoms with Crippen LogP contribution in [-0.4, -0.2) is 61.8 Å². The van der Waals surface area contributed by atoms with Crippen molar-refractivity contribution in [3.63, 3.8) is 0 Å². The molecule has 0 saturated carbocycles. The van der Waals surface area contributed by atoms with Crippen LogP contribution in [0.2, 0.25) is 0 Å². The average Bonchev–Trinajstić information content (AvgIpc) is 3.05. The van der Waals surface area contributed by atoms with Crippen LogP contribution < -0.4 is 0 Å². The molecular weight excluding hydrogens is 616 g/mol. The van der Waals surface area contributed by atoms with Crippen LogP contribution in [0, 0.1) is 0 Å². The molecule has 0 aliphatic carbocycles. The highest BCUT2D eigenvalue weighted by Crippen LogP contribution is 2.36. The first kappa shape index (κ1) is 48.9. The largest absolute Gasteiger partial charge is 0.504 e. The molecule has 0 fully saturated rings. The molecule has 1 aromatic carbocycles. The van der Waals surface area contributed by atoms with Crippen LogP contribution in [0.4, 0.5) is 0 Å². The number of ether oxygens (including phenoxy) is 1. The Morgan fingerprint density at radius 3 is 1.23 bits per heavy atom. The summed E-state index contributed by atoms with van der Waals surface area (Å²) < 4.78 is 5.78. The fourth-order valence-corrected chi connectivity index (χ4v) is 4.37. The van der Waals surface area contributed by atoms with Crippen molar-refractivity contribution in [3.05, 3.63) is 42.5 Å². The third-order valence-corrected chi connectivity index (χ3v) is 7.13. The van der Waals surface area contributed by atoms with Crippen molar-refractivity contribution in [3.8, 4) is 17.2 Å². The Labute approximate surface area is 289 Å². The van der Waals surface area contributed by atoms with Gasteiger partial charge in [0.1, 0.15) is 5.56 Å². The molecule has 0 heterocycles.